The molecule has 0 fully saturated rings. The molecule has 5 heterocycles. The highest BCUT2D eigenvalue weighted by Gasteiger charge is 2.19. The highest BCUT2D eigenvalue weighted by molar-refractivity contribution is 6.01. The van der Waals surface area contributed by atoms with Crippen LogP contribution in [0.4, 0.5) is 0 Å². The lowest BCUT2D eigenvalue weighted by Crippen LogP contribution is -1.94. The third-order valence-electron chi connectivity index (χ3n) is 9.81. The van der Waals surface area contributed by atoms with Gasteiger partial charge in [0.1, 0.15) is 5.75 Å². The molecule has 49 heavy (non-hydrogen) atoms. The lowest BCUT2D eigenvalue weighted by Gasteiger charge is -2.13. The van der Waals surface area contributed by atoms with E-state index in [1.807, 2.05) is 12.1 Å². The van der Waals surface area contributed by atoms with Crippen LogP contribution in [0.15, 0.2) is 84.9 Å². The summed E-state index contributed by atoms with van der Waals surface area (Å²) >= 11 is 0. The zero-order valence-corrected chi connectivity index (χ0v) is 29.1. The summed E-state index contributed by atoms with van der Waals surface area (Å²) in [6, 6.07) is 30.4. The molecule has 0 spiro atoms. The average Bonchev–Trinajstić information content (AvgIpc) is 3.89. The number of aromatic amines is 3. The average molecular weight is 641 g/mol. The van der Waals surface area contributed by atoms with Gasteiger partial charge in [-0.1, -0.05) is 47.5 Å². The topological polar surface area (TPSA) is 69.5 Å². The number of aromatic nitrogens is 4. The van der Waals surface area contributed by atoms with Crippen LogP contribution in [0, 0.1) is 41.5 Å². The van der Waals surface area contributed by atoms with Gasteiger partial charge in [-0.05, 0) is 141 Å². The Kier molecular flexibility index (Phi) is 7.29. The molecule has 0 aliphatic carbocycles. The first kappa shape index (κ1) is 30.5. The highest BCUT2D eigenvalue weighted by Crippen LogP contribution is 2.39. The zero-order valence-electron chi connectivity index (χ0n) is 29.1. The number of hydrogen-bond acceptors (Lipinski definition) is 2. The van der Waals surface area contributed by atoms with Gasteiger partial charge in [0.25, 0.3) is 0 Å². The number of fused-ring (bicyclic) bond motifs is 9. The van der Waals surface area contributed by atoms with Crippen LogP contribution in [0.5, 0.6) is 5.75 Å². The molecule has 3 N–H and O–H groups in total. The lowest BCUT2D eigenvalue weighted by atomic mass is 9.92. The van der Waals surface area contributed by atoms with Gasteiger partial charge in [0.15, 0.2) is 0 Å². The molecule has 0 unspecified atom stereocenters. The molecule has 242 valence electrons. The molecule has 1 aliphatic rings. The van der Waals surface area contributed by atoms with E-state index in [2.05, 4.69) is 141 Å². The third kappa shape index (κ3) is 5.23. The van der Waals surface area contributed by atoms with Crippen molar-refractivity contribution in [1.82, 2.24) is 19.9 Å². The van der Waals surface area contributed by atoms with Crippen LogP contribution in [0.2, 0.25) is 0 Å². The Morgan fingerprint density at radius 3 is 1.31 bits per heavy atom. The second-order valence-corrected chi connectivity index (χ2v) is 13.5. The second-order valence-electron chi connectivity index (χ2n) is 13.5. The fourth-order valence-corrected chi connectivity index (χ4v) is 7.89. The van der Waals surface area contributed by atoms with E-state index in [0.29, 0.717) is 0 Å². The summed E-state index contributed by atoms with van der Waals surface area (Å²) in [4.78, 5) is 16.9. The molecule has 5 heteroatoms. The molecule has 0 amide bonds. The number of benzene rings is 3. The molecule has 7 aromatic rings. The molecule has 4 aromatic heterocycles. The number of methoxy groups -OCH3 is 1. The molecule has 8 bridgehead atoms. The van der Waals surface area contributed by atoms with Crippen molar-refractivity contribution in [3.05, 3.63) is 130 Å². The Morgan fingerprint density at radius 2 is 0.816 bits per heavy atom. The molecule has 0 saturated carbocycles. The summed E-state index contributed by atoms with van der Waals surface area (Å²) in [6.45, 7) is 13.1. The molecule has 0 radical (unpaired) electrons. The maximum absolute atomic E-state index is 5.53. The van der Waals surface area contributed by atoms with Gasteiger partial charge in [0, 0.05) is 38.8 Å². The predicted octanol–water partition coefficient (Wildman–Crippen LogP) is 11.6. The summed E-state index contributed by atoms with van der Waals surface area (Å²) < 4.78 is 5.53. The minimum atomic E-state index is 0.816. The third-order valence-corrected chi connectivity index (χ3v) is 9.81. The fourth-order valence-electron chi connectivity index (χ4n) is 7.89. The zero-order chi connectivity index (χ0) is 34.0. The summed E-state index contributed by atoms with van der Waals surface area (Å²) in [6.07, 6.45) is 4.31. The van der Waals surface area contributed by atoms with Crippen LogP contribution in [0.1, 0.15) is 44.8 Å². The van der Waals surface area contributed by atoms with Crippen molar-refractivity contribution < 1.29 is 4.74 Å². The number of nitrogens with zero attached hydrogens (tertiary/aromatic N) is 1. The molecule has 8 rings (SSSR count). The number of H-pyrrole nitrogens is 3. The van der Waals surface area contributed by atoms with E-state index in [1.54, 1.807) is 7.11 Å². The monoisotopic (exact) mass is 640 g/mol. The summed E-state index contributed by atoms with van der Waals surface area (Å²) in [5.74, 6) is 0.816. The maximum Gasteiger partial charge on any atom is 0.118 e. The van der Waals surface area contributed by atoms with Crippen LogP contribution in [0.3, 0.4) is 0 Å². The summed E-state index contributed by atoms with van der Waals surface area (Å²) in [5, 5.41) is 0. The van der Waals surface area contributed by atoms with Gasteiger partial charge >= 0.3 is 0 Å². The van der Waals surface area contributed by atoms with Gasteiger partial charge in [-0.15, -0.1) is 0 Å². The molecule has 0 saturated heterocycles. The van der Waals surface area contributed by atoms with Crippen LogP contribution in [-0.4, -0.2) is 27.0 Å². The smallest absolute Gasteiger partial charge is 0.118 e. The highest BCUT2D eigenvalue weighted by atomic mass is 16.5. The normalized spacial score (nSPS) is 11.9. The van der Waals surface area contributed by atoms with Crippen LogP contribution in [-0.2, 0) is 0 Å². The molecule has 5 nitrogen and oxygen atoms in total. The van der Waals surface area contributed by atoms with Crippen molar-refractivity contribution in [2.75, 3.05) is 7.11 Å². The van der Waals surface area contributed by atoms with Crippen molar-refractivity contribution in [2.45, 2.75) is 41.5 Å². The summed E-state index contributed by atoms with van der Waals surface area (Å²) in [7, 11) is 1.70. The first-order chi connectivity index (χ1) is 23.7. The Balaban J connectivity index is 1.57. The van der Waals surface area contributed by atoms with E-state index >= 15 is 0 Å². The molecule has 0 atom stereocenters. The van der Waals surface area contributed by atoms with Gasteiger partial charge < -0.3 is 19.7 Å². The van der Waals surface area contributed by atoms with E-state index in [-0.39, 0.29) is 0 Å². The van der Waals surface area contributed by atoms with Crippen LogP contribution >= 0.6 is 0 Å². The van der Waals surface area contributed by atoms with Gasteiger partial charge in [-0.2, -0.15) is 0 Å². The lowest BCUT2D eigenvalue weighted by molar-refractivity contribution is 0.415. The van der Waals surface area contributed by atoms with Gasteiger partial charge in [0.05, 0.1) is 29.5 Å². The molecule has 3 aromatic carbocycles. The van der Waals surface area contributed by atoms with Crippen molar-refractivity contribution in [3.8, 4) is 39.1 Å². The van der Waals surface area contributed by atoms with E-state index in [0.717, 1.165) is 72.5 Å². The van der Waals surface area contributed by atoms with E-state index in [9.17, 15) is 0 Å². The predicted molar refractivity (Wildman–Crippen MR) is 206 cm³/mol. The van der Waals surface area contributed by atoms with Gasteiger partial charge in [0.2, 0.25) is 0 Å². The van der Waals surface area contributed by atoms with E-state index < -0.39 is 0 Å². The largest absolute Gasteiger partial charge is 0.497 e. The maximum atomic E-state index is 5.53. The minimum absolute atomic E-state index is 0.816. The Hall–Kier alpha value is -5.81. The van der Waals surface area contributed by atoms with Crippen molar-refractivity contribution >= 4 is 45.3 Å². The van der Waals surface area contributed by atoms with E-state index in [4.69, 9.17) is 9.72 Å². The summed E-state index contributed by atoms with van der Waals surface area (Å²) in [5.41, 5.74) is 22.2. The number of hydrogen-bond donors (Lipinski definition) is 3. The standard InChI is InChI=1S/C44H40N4O/c1-24-20-26(3)40(27(4)21-24)43-36-14-12-32(45-36)33-13-15-37(46-33)44(41-28(5)22-25(2)23-29(41)6)39-19-17-35(48-39)42(34-16-18-38(43)47-34)30-8-10-31(49-7)11-9-30/h8-23,45-47H,1-7H3. The van der Waals surface area contributed by atoms with Gasteiger partial charge in [-0.25, -0.2) is 4.98 Å². The van der Waals surface area contributed by atoms with Crippen LogP contribution < -0.4 is 4.74 Å². The Morgan fingerprint density at radius 1 is 0.429 bits per heavy atom. The molecular weight excluding hydrogens is 601 g/mol. The number of aryl methyl sites for hydroxylation is 6. The minimum Gasteiger partial charge on any atom is -0.497 e. The fraction of sp³-hybridized carbons (Fsp3) is 0.159. The van der Waals surface area contributed by atoms with Crippen molar-refractivity contribution in [3.63, 3.8) is 0 Å². The molecule has 1 aliphatic heterocycles. The van der Waals surface area contributed by atoms with Crippen LogP contribution in [0.25, 0.3) is 78.6 Å². The SMILES string of the molecule is COc1ccc(-c2c3nc(c(-c4c(C)cc(C)cc4C)c4ccc([nH]4)c4ccc([nH]4)c(-c4c(C)cc(C)cc4C)c4ccc2[nH]4)C=C3)cc1. The van der Waals surface area contributed by atoms with Crippen molar-refractivity contribution in [2.24, 2.45) is 0 Å². The Bertz CT molecular complexity index is 2540. The Labute approximate surface area is 286 Å². The number of rotatable bonds is 4. The van der Waals surface area contributed by atoms with Crippen molar-refractivity contribution in [1.29, 1.82) is 0 Å². The first-order valence-electron chi connectivity index (χ1n) is 16.8. The quantitative estimate of drug-likeness (QED) is 0.179. The number of ether oxygens (including phenoxy) is 1. The van der Waals surface area contributed by atoms with Gasteiger partial charge in [-0.3, -0.25) is 0 Å². The molecular formula is C44H40N4O. The second kappa shape index (κ2) is 11.7. The first-order valence-corrected chi connectivity index (χ1v) is 16.8. The number of nitrogens with one attached hydrogen (secondary N) is 3. The van der Waals surface area contributed by atoms with E-state index in [1.165, 1.54) is 44.5 Å².